The molecule has 0 spiro atoms. The van der Waals surface area contributed by atoms with Gasteiger partial charge in [0.2, 0.25) is 5.89 Å². The molecule has 2 aromatic carbocycles. The molecule has 146 valence electrons. The lowest BCUT2D eigenvalue weighted by atomic mass is 10.1. The van der Waals surface area contributed by atoms with Gasteiger partial charge < -0.3 is 9.15 Å². The summed E-state index contributed by atoms with van der Waals surface area (Å²) in [6.45, 7) is 2.02. The summed E-state index contributed by atoms with van der Waals surface area (Å²) in [5.41, 5.74) is 2.95. The predicted octanol–water partition coefficient (Wildman–Crippen LogP) is 3.94. The molecule has 2 aromatic heterocycles. The van der Waals surface area contributed by atoms with Crippen LogP contribution in [0, 0.1) is 0 Å². The second kappa shape index (κ2) is 8.52. The van der Waals surface area contributed by atoms with Crippen LogP contribution in [0.15, 0.2) is 77.5 Å². The van der Waals surface area contributed by atoms with E-state index in [1.54, 1.807) is 11.6 Å². The molecule has 4 rings (SSSR count). The molecule has 0 aliphatic heterocycles. The van der Waals surface area contributed by atoms with Crippen LogP contribution in [0.3, 0.4) is 0 Å². The summed E-state index contributed by atoms with van der Waals surface area (Å²) in [6, 6.07) is 19.4. The molecular formula is C22H20N4O3. The van der Waals surface area contributed by atoms with Crippen LogP contribution in [-0.2, 0) is 11.2 Å². The van der Waals surface area contributed by atoms with Crippen LogP contribution in [0.2, 0.25) is 0 Å². The number of rotatable bonds is 7. The number of esters is 1. The van der Waals surface area contributed by atoms with Crippen molar-refractivity contribution in [3.05, 3.63) is 90.3 Å². The summed E-state index contributed by atoms with van der Waals surface area (Å²) >= 11 is 0. The zero-order chi connectivity index (χ0) is 20.1. The van der Waals surface area contributed by atoms with Crippen molar-refractivity contribution in [1.82, 2.24) is 20.0 Å². The van der Waals surface area contributed by atoms with E-state index in [0.29, 0.717) is 12.3 Å². The van der Waals surface area contributed by atoms with E-state index in [1.807, 2.05) is 66.9 Å². The Hall–Kier alpha value is -3.74. The van der Waals surface area contributed by atoms with Gasteiger partial charge in [0.1, 0.15) is 18.0 Å². The topological polar surface area (TPSA) is 83.0 Å². The molecule has 0 unspecified atom stereocenters. The first-order chi connectivity index (χ1) is 14.2. The van der Waals surface area contributed by atoms with Gasteiger partial charge in [0.15, 0.2) is 5.69 Å². The minimum absolute atomic E-state index is 0.142. The molecule has 29 heavy (non-hydrogen) atoms. The van der Waals surface area contributed by atoms with E-state index in [0.717, 1.165) is 16.8 Å². The zero-order valence-electron chi connectivity index (χ0n) is 15.9. The third-order valence-electron chi connectivity index (χ3n) is 4.46. The van der Waals surface area contributed by atoms with Crippen LogP contribution in [0.1, 0.15) is 34.9 Å². The molecule has 7 heteroatoms. The van der Waals surface area contributed by atoms with E-state index >= 15 is 0 Å². The summed E-state index contributed by atoms with van der Waals surface area (Å²) in [5.74, 6) is -0.133. The fourth-order valence-corrected chi connectivity index (χ4v) is 3.04. The van der Waals surface area contributed by atoms with Crippen LogP contribution in [0.25, 0.3) is 11.3 Å². The average Bonchev–Trinajstić information content (AvgIpc) is 3.44. The Morgan fingerprint density at radius 1 is 1.10 bits per heavy atom. The number of hydrogen-bond acceptors (Lipinski definition) is 6. The van der Waals surface area contributed by atoms with Gasteiger partial charge in [-0.1, -0.05) is 65.9 Å². The number of carbonyl (C=O) groups is 1. The first-order valence-corrected chi connectivity index (χ1v) is 9.38. The van der Waals surface area contributed by atoms with Crippen molar-refractivity contribution in [1.29, 1.82) is 0 Å². The fraction of sp³-hybridized carbons (Fsp3) is 0.182. The van der Waals surface area contributed by atoms with Crippen molar-refractivity contribution < 1.29 is 13.9 Å². The standard InChI is InChI=1S/C22H20N4O3/c1-2-28-22(27)19-15-29-21(23-19)20(13-16-9-5-3-6-10-16)26-14-18(24-25-26)17-11-7-4-8-12-17/h3-12,14-15,20H,2,13H2,1H3/t20-/m0/s1. The van der Waals surface area contributed by atoms with Crippen molar-refractivity contribution in [3.63, 3.8) is 0 Å². The first-order valence-electron chi connectivity index (χ1n) is 9.38. The lowest BCUT2D eigenvalue weighted by molar-refractivity contribution is 0.0519. The molecule has 0 fully saturated rings. The molecule has 0 N–H and O–H groups in total. The number of hydrogen-bond donors (Lipinski definition) is 0. The predicted molar refractivity (Wildman–Crippen MR) is 106 cm³/mol. The van der Waals surface area contributed by atoms with Crippen LogP contribution < -0.4 is 0 Å². The van der Waals surface area contributed by atoms with Crippen LogP contribution in [0.5, 0.6) is 0 Å². The van der Waals surface area contributed by atoms with Gasteiger partial charge in [0, 0.05) is 12.0 Å². The summed E-state index contributed by atoms with van der Waals surface area (Å²) in [7, 11) is 0. The average molecular weight is 388 g/mol. The van der Waals surface area contributed by atoms with Gasteiger partial charge in [-0.2, -0.15) is 0 Å². The maximum atomic E-state index is 12.0. The van der Waals surface area contributed by atoms with Gasteiger partial charge in [-0.25, -0.2) is 14.5 Å². The molecule has 4 aromatic rings. The number of nitrogens with zero attached hydrogens (tertiary/aromatic N) is 4. The quantitative estimate of drug-likeness (QED) is 0.446. The third kappa shape index (κ3) is 4.24. The van der Waals surface area contributed by atoms with E-state index in [9.17, 15) is 4.79 Å². The highest BCUT2D eigenvalue weighted by molar-refractivity contribution is 5.86. The summed E-state index contributed by atoms with van der Waals surface area (Å²) in [5, 5.41) is 8.60. The van der Waals surface area contributed by atoms with E-state index < -0.39 is 5.97 Å². The highest BCUT2D eigenvalue weighted by Gasteiger charge is 2.24. The second-order valence-corrected chi connectivity index (χ2v) is 6.45. The molecule has 1 atom stereocenters. The number of carbonyl (C=O) groups excluding carboxylic acids is 1. The Morgan fingerprint density at radius 2 is 1.83 bits per heavy atom. The van der Waals surface area contributed by atoms with Crippen molar-refractivity contribution >= 4 is 5.97 Å². The van der Waals surface area contributed by atoms with Crippen molar-refractivity contribution in [3.8, 4) is 11.3 Å². The lowest BCUT2D eigenvalue weighted by Gasteiger charge is -2.13. The molecule has 0 bridgehead atoms. The second-order valence-electron chi connectivity index (χ2n) is 6.45. The van der Waals surface area contributed by atoms with E-state index in [2.05, 4.69) is 15.3 Å². The number of benzene rings is 2. The first kappa shape index (κ1) is 18.6. The lowest BCUT2D eigenvalue weighted by Crippen LogP contribution is -2.15. The molecule has 0 amide bonds. The Labute approximate surface area is 168 Å². The molecular weight excluding hydrogens is 368 g/mol. The SMILES string of the molecule is CCOC(=O)c1coc([C@H](Cc2ccccc2)n2cc(-c3ccccc3)nn2)n1. The number of oxazole rings is 1. The summed E-state index contributed by atoms with van der Waals surface area (Å²) < 4.78 is 12.4. The van der Waals surface area contributed by atoms with Crippen molar-refractivity contribution in [2.24, 2.45) is 0 Å². The van der Waals surface area contributed by atoms with Gasteiger partial charge >= 0.3 is 5.97 Å². The Bertz CT molecular complexity index is 1070. The molecule has 0 radical (unpaired) electrons. The molecule has 7 nitrogen and oxygen atoms in total. The Kier molecular flexibility index (Phi) is 5.47. The monoisotopic (exact) mass is 388 g/mol. The summed E-state index contributed by atoms with van der Waals surface area (Å²) in [4.78, 5) is 16.3. The number of ether oxygens (including phenoxy) is 1. The third-order valence-corrected chi connectivity index (χ3v) is 4.46. The largest absolute Gasteiger partial charge is 0.461 e. The summed E-state index contributed by atoms with van der Waals surface area (Å²) in [6.07, 6.45) is 3.76. The highest BCUT2D eigenvalue weighted by Crippen LogP contribution is 2.25. The van der Waals surface area contributed by atoms with E-state index in [1.165, 1.54) is 6.26 Å². The van der Waals surface area contributed by atoms with Crippen LogP contribution >= 0.6 is 0 Å². The molecule has 0 aliphatic rings. The minimum Gasteiger partial charge on any atom is -0.461 e. The van der Waals surface area contributed by atoms with E-state index in [4.69, 9.17) is 9.15 Å². The van der Waals surface area contributed by atoms with Crippen molar-refractivity contribution in [2.75, 3.05) is 6.61 Å². The van der Waals surface area contributed by atoms with Gasteiger partial charge in [0.05, 0.1) is 12.8 Å². The van der Waals surface area contributed by atoms with Crippen LogP contribution in [0.4, 0.5) is 0 Å². The van der Waals surface area contributed by atoms with Gasteiger partial charge in [-0.3, -0.25) is 0 Å². The Balaban J connectivity index is 1.68. The van der Waals surface area contributed by atoms with Gasteiger partial charge in [-0.05, 0) is 12.5 Å². The van der Waals surface area contributed by atoms with Crippen molar-refractivity contribution in [2.45, 2.75) is 19.4 Å². The molecule has 0 aliphatic carbocycles. The molecule has 0 saturated carbocycles. The fourth-order valence-electron chi connectivity index (χ4n) is 3.04. The van der Waals surface area contributed by atoms with Crippen LogP contribution in [-0.4, -0.2) is 32.6 Å². The normalized spacial score (nSPS) is 11.9. The Morgan fingerprint density at radius 3 is 2.55 bits per heavy atom. The van der Waals surface area contributed by atoms with E-state index in [-0.39, 0.29) is 18.3 Å². The van der Waals surface area contributed by atoms with Gasteiger partial charge in [-0.15, -0.1) is 5.10 Å². The molecule has 0 saturated heterocycles. The van der Waals surface area contributed by atoms with Gasteiger partial charge in [0.25, 0.3) is 0 Å². The zero-order valence-corrected chi connectivity index (χ0v) is 15.9. The smallest absolute Gasteiger partial charge is 0.360 e. The maximum absolute atomic E-state index is 12.0. The highest BCUT2D eigenvalue weighted by atomic mass is 16.5. The number of aromatic nitrogens is 4. The molecule has 2 heterocycles. The minimum atomic E-state index is -0.510. The maximum Gasteiger partial charge on any atom is 0.360 e.